The lowest BCUT2D eigenvalue weighted by Crippen LogP contribution is -2.42. The van der Waals surface area contributed by atoms with Gasteiger partial charge in [0.2, 0.25) is 0 Å². The maximum Gasteiger partial charge on any atom is 0.133 e. The van der Waals surface area contributed by atoms with Gasteiger partial charge in [-0.1, -0.05) is 17.7 Å². The molecule has 3 nitrogen and oxygen atoms in total. The predicted octanol–water partition coefficient (Wildman–Crippen LogP) is 2.08. The van der Waals surface area contributed by atoms with Gasteiger partial charge >= 0.3 is 0 Å². The topological polar surface area (TPSA) is 36.4 Å². The monoisotopic (exact) mass is 240 g/mol. The molecule has 0 spiro atoms. The van der Waals surface area contributed by atoms with Gasteiger partial charge in [-0.25, -0.2) is 4.98 Å². The third-order valence-corrected chi connectivity index (χ3v) is 3.50. The van der Waals surface area contributed by atoms with Crippen LogP contribution in [0.5, 0.6) is 0 Å². The lowest BCUT2D eigenvalue weighted by Gasteiger charge is -2.35. The van der Waals surface area contributed by atoms with Gasteiger partial charge in [0.1, 0.15) is 5.15 Å². The van der Waals surface area contributed by atoms with Crippen LogP contribution >= 0.6 is 11.6 Å². The standard InChI is InChI=1S/C12H17ClN2O/c1-12(16)4-7-15(8-5-12)9-10-3-2-6-14-11(10)13/h2-3,6,16H,4-5,7-9H2,1H3. The van der Waals surface area contributed by atoms with E-state index in [1.165, 1.54) is 0 Å². The largest absolute Gasteiger partial charge is 0.390 e. The van der Waals surface area contributed by atoms with Gasteiger partial charge in [0.05, 0.1) is 5.60 Å². The fraction of sp³-hybridized carbons (Fsp3) is 0.583. The van der Waals surface area contributed by atoms with E-state index in [0.717, 1.165) is 38.0 Å². The highest BCUT2D eigenvalue weighted by molar-refractivity contribution is 6.30. The highest BCUT2D eigenvalue weighted by atomic mass is 35.5. The van der Waals surface area contributed by atoms with E-state index in [4.69, 9.17) is 11.6 Å². The number of piperidine rings is 1. The number of aliphatic hydroxyl groups is 1. The summed E-state index contributed by atoms with van der Waals surface area (Å²) < 4.78 is 0. The predicted molar refractivity (Wildman–Crippen MR) is 64.4 cm³/mol. The van der Waals surface area contributed by atoms with Crippen LogP contribution in [0.3, 0.4) is 0 Å². The molecule has 2 heterocycles. The Balaban J connectivity index is 1.95. The van der Waals surface area contributed by atoms with Crippen molar-refractivity contribution in [1.82, 2.24) is 9.88 Å². The van der Waals surface area contributed by atoms with Crippen LogP contribution in [-0.4, -0.2) is 33.7 Å². The smallest absolute Gasteiger partial charge is 0.133 e. The number of rotatable bonds is 2. The van der Waals surface area contributed by atoms with E-state index < -0.39 is 5.60 Å². The number of hydrogen-bond donors (Lipinski definition) is 1. The quantitative estimate of drug-likeness (QED) is 0.805. The zero-order chi connectivity index (χ0) is 11.6. The van der Waals surface area contributed by atoms with E-state index >= 15 is 0 Å². The molecule has 0 amide bonds. The van der Waals surface area contributed by atoms with Crippen LogP contribution < -0.4 is 0 Å². The van der Waals surface area contributed by atoms with Crippen LogP contribution in [0.2, 0.25) is 5.15 Å². The first-order valence-corrected chi connectivity index (χ1v) is 5.99. The molecule has 0 saturated carbocycles. The Morgan fingerprint density at radius 1 is 1.50 bits per heavy atom. The molecule has 1 fully saturated rings. The van der Waals surface area contributed by atoms with Crippen molar-refractivity contribution < 1.29 is 5.11 Å². The molecule has 0 aromatic carbocycles. The van der Waals surface area contributed by atoms with Crippen LogP contribution in [0.15, 0.2) is 18.3 Å². The summed E-state index contributed by atoms with van der Waals surface area (Å²) >= 11 is 6.01. The average Bonchev–Trinajstić information content (AvgIpc) is 2.24. The molecule has 0 bridgehead atoms. The lowest BCUT2D eigenvalue weighted by molar-refractivity contribution is -0.00730. The third kappa shape index (κ3) is 2.94. The summed E-state index contributed by atoms with van der Waals surface area (Å²) in [6, 6.07) is 3.91. The number of likely N-dealkylation sites (tertiary alicyclic amines) is 1. The Kier molecular flexibility index (Phi) is 3.47. The molecule has 0 unspecified atom stereocenters. The summed E-state index contributed by atoms with van der Waals surface area (Å²) in [6.45, 7) is 4.56. The van der Waals surface area contributed by atoms with Crippen LogP contribution in [-0.2, 0) is 6.54 Å². The summed E-state index contributed by atoms with van der Waals surface area (Å²) in [6.07, 6.45) is 3.35. The minimum atomic E-state index is -0.491. The van der Waals surface area contributed by atoms with Crippen molar-refractivity contribution in [3.63, 3.8) is 0 Å². The molecule has 0 atom stereocenters. The minimum Gasteiger partial charge on any atom is -0.390 e. The second-order valence-electron chi connectivity index (χ2n) is 4.73. The van der Waals surface area contributed by atoms with Crippen molar-refractivity contribution in [3.8, 4) is 0 Å². The van der Waals surface area contributed by atoms with Crippen molar-refractivity contribution in [2.24, 2.45) is 0 Å². The molecule has 88 valence electrons. The van der Waals surface area contributed by atoms with E-state index in [0.29, 0.717) is 5.15 Å². The molecule has 1 aliphatic heterocycles. The zero-order valence-electron chi connectivity index (χ0n) is 9.49. The Hall–Kier alpha value is -0.640. The van der Waals surface area contributed by atoms with Gasteiger partial charge in [-0.2, -0.15) is 0 Å². The maximum atomic E-state index is 9.85. The Morgan fingerprint density at radius 3 is 2.81 bits per heavy atom. The van der Waals surface area contributed by atoms with Gasteiger partial charge in [0, 0.05) is 31.4 Å². The maximum absolute atomic E-state index is 9.85. The van der Waals surface area contributed by atoms with Gasteiger partial charge in [-0.15, -0.1) is 0 Å². The molecule has 2 rings (SSSR count). The van der Waals surface area contributed by atoms with Crippen molar-refractivity contribution >= 4 is 11.6 Å². The molecular weight excluding hydrogens is 224 g/mol. The van der Waals surface area contributed by atoms with Crippen LogP contribution in [0.4, 0.5) is 0 Å². The highest BCUT2D eigenvalue weighted by Gasteiger charge is 2.27. The average molecular weight is 241 g/mol. The first kappa shape index (κ1) is 11.8. The molecular formula is C12H17ClN2O. The van der Waals surface area contributed by atoms with E-state index in [1.807, 2.05) is 19.1 Å². The second kappa shape index (κ2) is 4.70. The van der Waals surface area contributed by atoms with Gasteiger partial charge in [-0.3, -0.25) is 4.90 Å². The summed E-state index contributed by atoms with van der Waals surface area (Å²) in [5.74, 6) is 0. The Labute approximate surface area is 101 Å². The first-order valence-electron chi connectivity index (χ1n) is 5.61. The minimum absolute atomic E-state index is 0.491. The molecule has 1 aromatic heterocycles. The third-order valence-electron chi connectivity index (χ3n) is 3.16. The number of nitrogens with zero attached hydrogens (tertiary/aromatic N) is 2. The van der Waals surface area contributed by atoms with Crippen molar-refractivity contribution in [2.45, 2.75) is 31.9 Å². The Bertz CT molecular complexity index is 358. The van der Waals surface area contributed by atoms with E-state index in [9.17, 15) is 5.11 Å². The van der Waals surface area contributed by atoms with Crippen LogP contribution in [0.1, 0.15) is 25.3 Å². The summed E-state index contributed by atoms with van der Waals surface area (Å²) in [7, 11) is 0. The van der Waals surface area contributed by atoms with E-state index in [1.54, 1.807) is 6.20 Å². The van der Waals surface area contributed by atoms with Gasteiger partial charge in [-0.05, 0) is 25.8 Å². The van der Waals surface area contributed by atoms with Gasteiger partial charge in [0.25, 0.3) is 0 Å². The second-order valence-corrected chi connectivity index (χ2v) is 5.08. The summed E-state index contributed by atoms with van der Waals surface area (Å²) in [5, 5.41) is 10.4. The molecule has 1 saturated heterocycles. The van der Waals surface area contributed by atoms with Crippen LogP contribution in [0.25, 0.3) is 0 Å². The number of hydrogen-bond acceptors (Lipinski definition) is 3. The number of aromatic nitrogens is 1. The molecule has 1 aliphatic rings. The highest BCUT2D eigenvalue weighted by Crippen LogP contribution is 2.23. The first-order chi connectivity index (χ1) is 7.57. The number of halogens is 1. The SMILES string of the molecule is CC1(O)CCN(Cc2cccnc2Cl)CC1. The van der Waals surface area contributed by atoms with E-state index in [2.05, 4.69) is 9.88 Å². The van der Waals surface area contributed by atoms with Gasteiger partial charge in [0.15, 0.2) is 0 Å². The molecule has 0 radical (unpaired) electrons. The molecule has 0 aliphatic carbocycles. The number of pyridine rings is 1. The molecule has 1 aromatic rings. The van der Waals surface area contributed by atoms with E-state index in [-0.39, 0.29) is 0 Å². The lowest BCUT2D eigenvalue weighted by atomic mass is 9.94. The van der Waals surface area contributed by atoms with Gasteiger partial charge < -0.3 is 5.11 Å². The normalized spacial score (nSPS) is 20.9. The Morgan fingerprint density at radius 2 is 2.19 bits per heavy atom. The summed E-state index contributed by atoms with van der Waals surface area (Å²) in [5.41, 5.74) is 0.570. The molecule has 16 heavy (non-hydrogen) atoms. The van der Waals surface area contributed by atoms with Crippen LogP contribution in [0, 0.1) is 0 Å². The molecule has 1 N–H and O–H groups in total. The van der Waals surface area contributed by atoms with Crippen molar-refractivity contribution in [2.75, 3.05) is 13.1 Å². The fourth-order valence-electron chi connectivity index (χ4n) is 1.97. The van der Waals surface area contributed by atoms with Crippen molar-refractivity contribution in [1.29, 1.82) is 0 Å². The molecule has 4 heteroatoms. The summed E-state index contributed by atoms with van der Waals surface area (Å²) in [4.78, 5) is 6.37. The fourth-order valence-corrected chi connectivity index (χ4v) is 2.15. The zero-order valence-corrected chi connectivity index (χ0v) is 10.2. The van der Waals surface area contributed by atoms with Crippen molar-refractivity contribution in [3.05, 3.63) is 29.0 Å².